The molecule has 0 rings (SSSR count). The number of nitrogens with one attached hydrogen (secondary N) is 1. The third-order valence-electron chi connectivity index (χ3n) is 1.69. The van der Waals surface area contributed by atoms with Crippen LogP contribution in [0, 0.1) is 0 Å². The molecule has 0 aliphatic heterocycles. The molecule has 1 amide bonds. The number of allylic oxidation sites excluding steroid dienone is 1. The molecule has 14 heavy (non-hydrogen) atoms. The van der Waals surface area contributed by atoms with Crippen LogP contribution in [0.4, 0.5) is 0 Å². The second kappa shape index (κ2) is 6.18. The van der Waals surface area contributed by atoms with Gasteiger partial charge in [0.25, 0.3) is 0 Å². The van der Waals surface area contributed by atoms with E-state index in [2.05, 4.69) is 5.32 Å². The van der Waals surface area contributed by atoms with Gasteiger partial charge in [0.2, 0.25) is 5.91 Å². The maximum absolute atomic E-state index is 11.4. The summed E-state index contributed by atoms with van der Waals surface area (Å²) >= 11 is 0. The van der Waals surface area contributed by atoms with Crippen molar-refractivity contribution in [2.24, 2.45) is 0 Å². The van der Waals surface area contributed by atoms with Crippen molar-refractivity contribution in [3.05, 3.63) is 11.3 Å². The zero-order valence-electron chi connectivity index (χ0n) is 9.14. The number of amides is 1. The maximum atomic E-state index is 11.4. The Hall–Kier alpha value is -1.32. The van der Waals surface area contributed by atoms with E-state index >= 15 is 0 Å². The van der Waals surface area contributed by atoms with Crippen LogP contribution >= 0.6 is 0 Å². The Balaban J connectivity index is 4.65. The van der Waals surface area contributed by atoms with Crippen LogP contribution in [-0.2, 0) is 14.3 Å². The Labute approximate surface area is 84.3 Å². The number of hydrogen-bond acceptors (Lipinski definition) is 3. The van der Waals surface area contributed by atoms with E-state index in [0.29, 0.717) is 24.3 Å². The Morgan fingerprint density at radius 1 is 1.21 bits per heavy atom. The maximum Gasteiger partial charge on any atom is 0.335 e. The van der Waals surface area contributed by atoms with Gasteiger partial charge in [0.05, 0.1) is 12.2 Å². The summed E-state index contributed by atoms with van der Waals surface area (Å²) in [7, 11) is 0. The smallest absolute Gasteiger partial charge is 0.335 e. The SMILES string of the molecule is CCOC(=O)/C(CC)=C(\C)NC(C)=O. The summed E-state index contributed by atoms with van der Waals surface area (Å²) in [5.74, 6) is -0.543. The fraction of sp³-hybridized carbons (Fsp3) is 0.600. The van der Waals surface area contributed by atoms with Gasteiger partial charge in [-0.25, -0.2) is 4.79 Å². The quantitative estimate of drug-likeness (QED) is 0.549. The lowest BCUT2D eigenvalue weighted by Gasteiger charge is -2.09. The first-order valence-electron chi connectivity index (χ1n) is 4.67. The molecule has 0 spiro atoms. The molecule has 0 aromatic rings. The highest BCUT2D eigenvalue weighted by Crippen LogP contribution is 2.08. The number of ether oxygens (including phenoxy) is 1. The summed E-state index contributed by atoms with van der Waals surface area (Å²) in [6, 6.07) is 0. The van der Waals surface area contributed by atoms with Crippen LogP contribution in [0.1, 0.15) is 34.1 Å². The van der Waals surface area contributed by atoms with Crippen LogP contribution in [0.5, 0.6) is 0 Å². The summed E-state index contributed by atoms with van der Waals surface area (Å²) in [5, 5.41) is 2.57. The van der Waals surface area contributed by atoms with Crippen molar-refractivity contribution in [3.63, 3.8) is 0 Å². The molecule has 0 fully saturated rings. The zero-order chi connectivity index (χ0) is 11.1. The summed E-state index contributed by atoms with van der Waals surface area (Å²) < 4.78 is 4.85. The molecule has 0 aliphatic carbocycles. The van der Waals surface area contributed by atoms with Gasteiger partial charge in [0.1, 0.15) is 0 Å². The summed E-state index contributed by atoms with van der Waals surface area (Å²) in [4.78, 5) is 22.1. The van der Waals surface area contributed by atoms with Crippen molar-refractivity contribution in [1.82, 2.24) is 5.32 Å². The van der Waals surface area contributed by atoms with Gasteiger partial charge in [-0.3, -0.25) is 4.79 Å². The third kappa shape index (κ3) is 4.07. The zero-order valence-corrected chi connectivity index (χ0v) is 9.14. The van der Waals surface area contributed by atoms with Crippen molar-refractivity contribution in [3.8, 4) is 0 Å². The van der Waals surface area contributed by atoms with Gasteiger partial charge < -0.3 is 10.1 Å². The van der Waals surface area contributed by atoms with E-state index in [1.807, 2.05) is 6.92 Å². The standard InChI is InChI=1S/C10H17NO3/c1-5-9(10(13)14-6-2)7(3)11-8(4)12/h5-6H2,1-4H3,(H,11,12)/b9-7+. The molecule has 0 aromatic carbocycles. The summed E-state index contributed by atoms with van der Waals surface area (Å²) in [6.07, 6.45) is 0.547. The summed E-state index contributed by atoms with van der Waals surface area (Å²) in [6.45, 7) is 7.03. The molecule has 0 aromatic heterocycles. The van der Waals surface area contributed by atoms with Gasteiger partial charge in [-0.15, -0.1) is 0 Å². The van der Waals surface area contributed by atoms with Crippen molar-refractivity contribution < 1.29 is 14.3 Å². The highest BCUT2D eigenvalue weighted by Gasteiger charge is 2.12. The second-order valence-electron chi connectivity index (χ2n) is 2.86. The minimum absolute atomic E-state index is 0.183. The number of esters is 1. The van der Waals surface area contributed by atoms with Crippen molar-refractivity contribution in [2.45, 2.75) is 34.1 Å². The second-order valence-corrected chi connectivity index (χ2v) is 2.86. The average molecular weight is 199 g/mol. The van der Waals surface area contributed by atoms with Gasteiger partial charge >= 0.3 is 5.97 Å². The Morgan fingerprint density at radius 2 is 1.79 bits per heavy atom. The Morgan fingerprint density at radius 3 is 2.14 bits per heavy atom. The average Bonchev–Trinajstić information content (AvgIpc) is 2.04. The number of rotatable bonds is 4. The minimum atomic E-state index is -0.360. The molecule has 0 heterocycles. The van der Waals surface area contributed by atoms with Crippen molar-refractivity contribution in [2.75, 3.05) is 6.61 Å². The number of carbonyl (C=O) groups is 2. The molecule has 0 saturated carbocycles. The normalized spacial score (nSPS) is 11.7. The van der Waals surface area contributed by atoms with Crippen molar-refractivity contribution in [1.29, 1.82) is 0 Å². The molecule has 1 N–H and O–H groups in total. The molecule has 0 saturated heterocycles. The van der Waals surface area contributed by atoms with Gasteiger partial charge in [-0.05, 0) is 20.3 Å². The lowest BCUT2D eigenvalue weighted by Crippen LogP contribution is -2.22. The van der Waals surface area contributed by atoms with Crippen LogP contribution in [0.3, 0.4) is 0 Å². The van der Waals surface area contributed by atoms with Gasteiger partial charge in [0.15, 0.2) is 0 Å². The highest BCUT2D eigenvalue weighted by molar-refractivity contribution is 5.90. The molecule has 0 unspecified atom stereocenters. The monoisotopic (exact) mass is 199 g/mol. The molecule has 0 aliphatic rings. The van der Waals surface area contributed by atoms with E-state index in [1.54, 1.807) is 13.8 Å². The minimum Gasteiger partial charge on any atom is -0.463 e. The van der Waals surface area contributed by atoms with Crippen molar-refractivity contribution >= 4 is 11.9 Å². The largest absolute Gasteiger partial charge is 0.463 e. The fourth-order valence-corrected chi connectivity index (χ4v) is 1.12. The Kier molecular flexibility index (Phi) is 5.60. The lowest BCUT2D eigenvalue weighted by atomic mass is 10.1. The molecule has 0 bridgehead atoms. The first-order valence-corrected chi connectivity index (χ1v) is 4.67. The molecular formula is C10H17NO3. The van der Waals surface area contributed by atoms with Crippen LogP contribution in [0.2, 0.25) is 0 Å². The van der Waals surface area contributed by atoms with Crippen LogP contribution < -0.4 is 5.32 Å². The fourth-order valence-electron chi connectivity index (χ4n) is 1.12. The molecule has 4 nitrogen and oxygen atoms in total. The predicted molar refractivity (Wildman–Crippen MR) is 53.4 cm³/mol. The predicted octanol–water partition coefficient (Wildman–Crippen LogP) is 1.37. The molecule has 0 radical (unpaired) electrons. The van der Waals surface area contributed by atoms with Gasteiger partial charge in [-0.2, -0.15) is 0 Å². The van der Waals surface area contributed by atoms with Crippen LogP contribution in [0.25, 0.3) is 0 Å². The van der Waals surface area contributed by atoms with E-state index < -0.39 is 0 Å². The molecule has 80 valence electrons. The highest BCUT2D eigenvalue weighted by atomic mass is 16.5. The van der Waals surface area contributed by atoms with E-state index in [-0.39, 0.29) is 11.9 Å². The third-order valence-corrected chi connectivity index (χ3v) is 1.69. The lowest BCUT2D eigenvalue weighted by molar-refractivity contribution is -0.138. The van der Waals surface area contributed by atoms with Gasteiger partial charge in [-0.1, -0.05) is 6.92 Å². The first kappa shape index (κ1) is 12.7. The van der Waals surface area contributed by atoms with E-state index in [9.17, 15) is 9.59 Å². The van der Waals surface area contributed by atoms with E-state index in [0.717, 1.165) is 0 Å². The number of hydrogen-bond donors (Lipinski definition) is 1. The number of carbonyl (C=O) groups excluding carboxylic acids is 2. The molecule has 0 atom stereocenters. The van der Waals surface area contributed by atoms with Crippen LogP contribution in [0.15, 0.2) is 11.3 Å². The summed E-state index contributed by atoms with van der Waals surface area (Å²) in [5.41, 5.74) is 1.08. The van der Waals surface area contributed by atoms with Crippen LogP contribution in [-0.4, -0.2) is 18.5 Å². The topological polar surface area (TPSA) is 55.4 Å². The molecular weight excluding hydrogens is 182 g/mol. The first-order chi connectivity index (χ1) is 6.52. The van der Waals surface area contributed by atoms with E-state index in [1.165, 1.54) is 6.92 Å². The van der Waals surface area contributed by atoms with Gasteiger partial charge in [0, 0.05) is 12.6 Å². The van der Waals surface area contributed by atoms with E-state index in [4.69, 9.17) is 4.74 Å². The molecule has 4 heteroatoms. The Bertz CT molecular complexity index is 256.